The summed E-state index contributed by atoms with van der Waals surface area (Å²) in [5.41, 5.74) is 1.92. The van der Waals surface area contributed by atoms with Crippen LogP contribution in [0, 0.1) is 6.92 Å². The Labute approximate surface area is 126 Å². The number of aldehydes is 1. The quantitative estimate of drug-likeness (QED) is 0.663. The minimum absolute atomic E-state index is 0.0890. The van der Waals surface area contributed by atoms with Gasteiger partial charge in [0.05, 0.1) is 24.0 Å². The maximum Gasteiger partial charge on any atom is 0.168 e. The van der Waals surface area contributed by atoms with Gasteiger partial charge in [-0.05, 0) is 30.7 Å². The summed E-state index contributed by atoms with van der Waals surface area (Å²) in [6.07, 6.45) is 0.529. The molecule has 0 aromatic heterocycles. The van der Waals surface area contributed by atoms with Crippen LogP contribution in [-0.2, 0) is 0 Å². The van der Waals surface area contributed by atoms with Crippen LogP contribution in [0.4, 0.5) is 11.4 Å². The summed E-state index contributed by atoms with van der Waals surface area (Å²) in [6.45, 7) is 1.84. The van der Waals surface area contributed by atoms with Gasteiger partial charge >= 0.3 is 0 Å². The molecule has 21 heavy (non-hydrogen) atoms. The van der Waals surface area contributed by atoms with E-state index in [1.54, 1.807) is 18.2 Å². The van der Waals surface area contributed by atoms with Gasteiger partial charge in [-0.1, -0.05) is 17.7 Å². The molecule has 2 aromatic carbocycles. The second-order valence-electron chi connectivity index (χ2n) is 4.29. The normalized spacial score (nSPS) is 10.8. The summed E-state index contributed by atoms with van der Waals surface area (Å²) in [5, 5.41) is 18.5. The molecule has 1 N–H and O–H groups in total. The predicted molar refractivity (Wildman–Crippen MR) is 80.4 cm³/mol. The molecule has 0 aliphatic rings. The van der Waals surface area contributed by atoms with Gasteiger partial charge in [-0.2, -0.15) is 10.2 Å². The van der Waals surface area contributed by atoms with E-state index in [1.807, 2.05) is 6.92 Å². The van der Waals surface area contributed by atoms with Gasteiger partial charge in [-0.15, -0.1) is 0 Å². The van der Waals surface area contributed by atoms with Crippen LogP contribution < -0.4 is 4.74 Å². The van der Waals surface area contributed by atoms with E-state index in [1.165, 1.54) is 19.2 Å². The van der Waals surface area contributed by atoms with Crippen LogP contribution in [-0.4, -0.2) is 18.5 Å². The Morgan fingerprint density at radius 1 is 1.29 bits per heavy atom. The molecule has 2 aromatic rings. The lowest BCUT2D eigenvalue weighted by molar-refractivity contribution is 0.112. The fourth-order valence-corrected chi connectivity index (χ4v) is 1.90. The van der Waals surface area contributed by atoms with Crippen molar-refractivity contribution >= 4 is 29.3 Å². The van der Waals surface area contributed by atoms with Crippen LogP contribution in [0.5, 0.6) is 11.5 Å². The number of hydrogen-bond donors (Lipinski definition) is 1. The first kappa shape index (κ1) is 15.0. The molecule has 0 unspecified atom stereocenters. The number of methoxy groups -OCH3 is 1. The van der Waals surface area contributed by atoms with Gasteiger partial charge in [0.1, 0.15) is 0 Å². The summed E-state index contributed by atoms with van der Waals surface area (Å²) < 4.78 is 4.99. The van der Waals surface area contributed by atoms with Crippen molar-refractivity contribution in [3.63, 3.8) is 0 Å². The van der Waals surface area contributed by atoms with Crippen LogP contribution in [0.3, 0.4) is 0 Å². The largest absolute Gasteiger partial charge is 0.504 e. The zero-order chi connectivity index (χ0) is 15.4. The average Bonchev–Trinajstić information content (AvgIpc) is 2.49. The van der Waals surface area contributed by atoms with E-state index in [0.29, 0.717) is 22.7 Å². The Hall–Kier alpha value is -2.40. The Kier molecular flexibility index (Phi) is 4.55. The number of rotatable bonds is 4. The average molecular weight is 305 g/mol. The summed E-state index contributed by atoms with van der Waals surface area (Å²) in [7, 11) is 1.39. The van der Waals surface area contributed by atoms with Crippen LogP contribution in [0.1, 0.15) is 15.9 Å². The molecule has 0 atom stereocenters. The number of phenols is 1. The zero-order valence-corrected chi connectivity index (χ0v) is 12.3. The number of ether oxygens (including phenoxy) is 1. The fourth-order valence-electron chi connectivity index (χ4n) is 1.73. The van der Waals surface area contributed by atoms with E-state index in [9.17, 15) is 9.90 Å². The van der Waals surface area contributed by atoms with E-state index in [0.717, 1.165) is 5.56 Å². The molecule has 0 aliphatic carbocycles. The third-order valence-corrected chi connectivity index (χ3v) is 3.36. The van der Waals surface area contributed by atoms with Gasteiger partial charge in [0, 0.05) is 11.1 Å². The monoisotopic (exact) mass is 304 g/mol. The molecule has 0 bridgehead atoms. The molecule has 0 saturated carbocycles. The molecule has 108 valence electrons. The molecular formula is C15H13ClN2O3. The van der Waals surface area contributed by atoms with E-state index >= 15 is 0 Å². The van der Waals surface area contributed by atoms with Crippen molar-refractivity contribution in [3.05, 3.63) is 46.5 Å². The van der Waals surface area contributed by atoms with Crippen molar-refractivity contribution in [1.29, 1.82) is 0 Å². The highest BCUT2D eigenvalue weighted by Gasteiger charge is 2.10. The first-order valence-electron chi connectivity index (χ1n) is 6.10. The summed E-state index contributed by atoms with van der Waals surface area (Å²) in [5.74, 6) is -0.0539. The molecule has 0 saturated heterocycles. The van der Waals surface area contributed by atoms with Crippen LogP contribution in [0.2, 0.25) is 5.02 Å². The molecule has 0 spiro atoms. The summed E-state index contributed by atoms with van der Waals surface area (Å²) >= 11 is 6.01. The lowest BCUT2D eigenvalue weighted by Gasteiger charge is -2.06. The van der Waals surface area contributed by atoms with Gasteiger partial charge in [0.15, 0.2) is 17.8 Å². The van der Waals surface area contributed by atoms with Crippen molar-refractivity contribution in [2.45, 2.75) is 6.92 Å². The number of benzene rings is 2. The van der Waals surface area contributed by atoms with Gasteiger partial charge in [-0.25, -0.2) is 0 Å². The van der Waals surface area contributed by atoms with E-state index < -0.39 is 0 Å². The second kappa shape index (κ2) is 6.37. The van der Waals surface area contributed by atoms with Gasteiger partial charge in [-0.3, -0.25) is 4.79 Å². The minimum Gasteiger partial charge on any atom is -0.504 e. The highest BCUT2D eigenvalue weighted by Crippen LogP contribution is 2.35. The number of hydrogen-bond acceptors (Lipinski definition) is 5. The lowest BCUT2D eigenvalue weighted by Crippen LogP contribution is -1.88. The van der Waals surface area contributed by atoms with Crippen LogP contribution >= 0.6 is 11.6 Å². The van der Waals surface area contributed by atoms with Crippen molar-refractivity contribution < 1.29 is 14.6 Å². The van der Waals surface area contributed by atoms with Gasteiger partial charge in [0.25, 0.3) is 0 Å². The fraction of sp³-hybridized carbons (Fsp3) is 0.133. The maximum atomic E-state index is 10.9. The molecule has 5 nitrogen and oxygen atoms in total. The topological polar surface area (TPSA) is 71.2 Å². The number of phenolic OH excluding ortho intramolecular Hbond substituents is 1. The maximum absolute atomic E-state index is 10.9. The van der Waals surface area contributed by atoms with Gasteiger partial charge in [0.2, 0.25) is 0 Å². The van der Waals surface area contributed by atoms with Crippen LogP contribution in [0.15, 0.2) is 40.6 Å². The van der Waals surface area contributed by atoms with Crippen molar-refractivity contribution in [1.82, 2.24) is 0 Å². The molecular weight excluding hydrogens is 292 g/mol. The first-order chi connectivity index (χ1) is 10.1. The van der Waals surface area contributed by atoms with Crippen molar-refractivity contribution in [3.8, 4) is 11.5 Å². The number of aromatic hydroxyl groups is 1. The standard InChI is InChI=1S/C15H13ClN2O3/c1-9-12(16)4-3-5-13(9)18-17-11-6-10(8-19)15(20)14(7-11)21-2/h3-8,20H,1-2H3. The molecule has 0 fully saturated rings. The zero-order valence-electron chi connectivity index (χ0n) is 11.5. The lowest BCUT2D eigenvalue weighted by atomic mass is 10.2. The number of carbonyl (C=O) groups is 1. The number of nitrogens with zero attached hydrogens (tertiary/aromatic N) is 2. The highest BCUT2D eigenvalue weighted by atomic mass is 35.5. The second-order valence-corrected chi connectivity index (χ2v) is 4.69. The molecule has 2 rings (SSSR count). The molecule has 0 amide bonds. The van der Waals surface area contributed by atoms with Crippen molar-refractivity contribution in [2.75, 3.05) is 7.11 Å². The van der Waals surface area contributed by atoms with E-state index in [-0.39, 0.29) is 17.1 Å². The third-order valence-electron chi connectivity index (χ3n) is 2.95. The Bertz CT molecular complexity index is 714. The van der Waals surface area contributed by atoms with E-state index in [2.05, 4.69) is 10.2 Å². The summed E-state index contributed by atoms with van der Waals surface area (Å²) in [4.78, 5) is 10.9. The third kappa shape index (κ3) is 3.20. The van der Waals surface area contributed by atoms with Gasteiger partial charge < -0.3 is 9.84 Å². The minimum atomic E-state index is -0.217. The van der Waals surface area contributed by atoms with Crippen molar-refractivity contribution in [2.24, 2.45) is 10.2 Å². The Morgan fingerprint density at radius 2 is 2.05 bits per heavy atom. The smallest absolute Gasteiger partial charge is 0.168 e. The number of azo groups is 1. The molecule has 0 heterocycles. The molecule has 0 aliphatic heterocycles. The van der Waals surface area contributed by atoms with Crippen LogP contribution in [0.25, 0.3) is 0 Å². The number of carbonyl (C=O) groups excluding carboxylic acids is 1. The SMILES string of the molecule is COc1cc(N=Nc2cccc(Cl)c2C)cc(C=O)c1O. The predicted octanol–water partition coefficient (Wildman–Crippen LogP) is 4.59. The highest BCUT2D eigenvalue weighted by molar-refractivity contribution is 6.31. The number of halogens is 1. The molecule has 0 radical (unpaired) electrons. The Balaban J connectivity index is 2.41. The first-order valence-corrected chi connectivity index (χ1v) is 6.47. The van der Waals surface area contributed by atoms with E-state index in [4.69, 9.17) is 16.3 Å². The molecule has 6 heteroatoms. The summed E-state index contributed by atoms with van der Waals surface area (Å²) in [6, 6.07) is 8.24. The Morgan fingerprint density at radius 3 is 2.71 bits per heavy atom.